The summed E-state index contributed by atoms with van der Waals surface area (Å²) in [6.45, 7) is 5.94. The van der Waals surface area contributed by atoms with Crippen molar-refractivity contribution in [1.29, 1.82) is 0 Å². The summed E-state index contributed by atoms with van der Waals surface area (Å²) < 4.78 is 26.1. The number of rotatable bonds is 4. The van der Waals surface area contributed by atoms with Gasteiger partial charge in [-0.15, -0.1) is 11.3 Å². The number of hydrogen-bond acceptors (Lipinski definition) is 3. The number of hydrogen-bond donors (Lipinski definition) is 1. The van der Waals surface area contributed by atoms with Crippen molar-refractivity contribution in [3.8, 4) is 0 Å². The zero-order chi connectivity index (χ0) is 14.0. The van der Waals surface area contributed by atoms with Gasteiger partial charge in [-0.25, -0.2) is 13.8 Å². The highest BCUT2D eigenvalue weighted by molar-refractivity contribution is 7.11. The van der Waals surface area contributed by atoms with Gasteiger partial charge in [0.15, 0.2) is 11.6 Å². The van der Waals surface area contributed by atoms with E-state index in [9.17, 15) is 8.78 Å². The molecule has 2 unspecified atom stereocenters. The van der Waals surface area contributed by atoms with Crippen molar-refractivity contribution < 1.29 is 8.78 Å². The second-order valence-corrected chi connectivity index (χ2v) is 5.86. The average molecular weight is 282 g/mol. The molecule has 0 amide bonds. The monoisotopic (exact) mass is 282 g/mol. The first-order valence-corrected chi connectivity index (χ1v) is 6.92. The van der Waals surface area contributed by atoms with Crippen LogP contribution < -0.4 is 5.32 Å². The summed E-state index contributed by atoms with van der Waals surface area (Å²) >= 11 is 1.63. The van der Waals surface area contributed by atoms with Crippen LogP contribution in [0.15, 0.2) is 24.4 Å². The highest BCUT2D eigenvalue weighted by Crippen LogP contribution is 2.23. The molecule has 1 aromatic carbocycles. The fraction of sp³-hybridized carbons (Fsp3) is 0.357. The molecule has 0 aliphatic carbocycles. The second kappa shape index (κ2) is 5.75. The highest BCUT2D eigenvalue weighted by Gasteiger charge is 2.15. The van der Waals surface area contributed by atoms with Crippen LogP contribution >= 0.6 is 11.3 Å². The number of benzene rings is 1. The SMILES string of the molecule is Cc1cnc(C(C)NC(C)c2ccc(F)c(F)c2)s1. The van der Waals surface area contributed by atoms with Crippen molar-refractivity contribution in [2.75, 3.05) is 0 Å². The highest BCUT2D eigenvalue weighted by atomic mass is 32.1. The van der Waals surface area contributed by atoms with E-state index in [4.69, 9.17) is 0 Å². The van der Waals surface area contributed by atoms with E-state index < -0.39 is 11.6 Å². The first-order valence-electron chi connectivity index (χ1n) is 6.10. The quantitative estimate of drug-likeness (QED) is 0.911. The molecule has 102 valence electrons. The Morgan fingerprint density at radius 1 is 1.16 bits per heavy atom. The van der Waals surface area contributed by atoms with E-state index in [2.05, 4.69) is 10.3 Å². The molecule has 0 aliphatic rings. The molecular weight excluding hydrogens is 266 g/mol. The van der Waals surface area contributed by atoms with Gasteiger partial charge in [0, 0.05) is 17.1 Å². The second-order valence-electron chi connectivity index (χ2n) is 4.59. The van der Waals surface area contributed by atoms with Gasteiger partial charge in [-0.2, -0.15) is 0 Å². The average Bonchev–Trinajstić information content (AvgIpc) is 2.79. The van der Waals surface area contributed by atoms with Crippen molar-refractivity contribution in [3.63, 3.8) is 0 Å². The maximum absolute atomic E-state index is 13.2. The van der Waals surface area contributed by atoms with E-state index in [-0.39, 0.29) is 12.1 Å². The molecule has 2 rings (SSSR count). The molecule has 0 bridgehead atoms. The Morgan fingerprint density at radius 3 is 2.47 bits per heavy atom. The first kappa shape index (κ1) is 14.1. The maximum atomic E-state index is 13.2. The summed E-state index contributed by atoms with van der Waals surface area (Å²) in [4.78, 5) is 5.47. The van der Waals surface area contributed by atoms with Crippen molar-refractivity contribution in [2.24, 2.45) is 0 Å². The maximum Gasteiger partial charge on any atom is 0.159 e. The Balaban J connectivity index is 2.07. The lowest BCUT2D eigenvalue weighted by Crippen LogP contribution is -2.22. The van der Waals surface area contributed by atoms with Gasteiger partial charge in [0.1, 0.15) is 5.01 Å². The van der Waals surface area contributed by atoms with Crippen LogP contribution in [-0.4, -0.2) is 4.98 Å². The predicted molar refractivity (Wildman–Crippen MR) is 73.2 cm³/mol. The van der Waals surface area contributed by atoms with Crippen LogP contribution in [0.25, 0.3) is 0 Å². The molecule has 2 aromatic rings. The Morgan fingerprint density at radius 2 is 1.89 bits per heavy atom. The van der Waals surface area contributed by atoms with Crippen LogP contribution in [0.3, 0.4) is 0 Å². The Bertz CT molecular complexity index is 568. The molecule has 1 N–H and O–H groups in total. The molecule has 0 fully saturated rings. The minimum absolute atomic E-state index is 0.0711. The fourth-order valence-electron chi connectivity index (χ4n) is 1.90. The summed E-state index contributed by atoms with van der Waals surface area (Å²) in [5.41, 5.74) is 0.721. The van der Waals surface area contributed by atoms with Crippen molar-refractivity contribution in [1.82, 2.24) is 10.3 Å². The largest absolute Gasteiger partial charge is 0.302 e. The molecule has 1 aromatic heterocycles. The number of aromatic nitrogens is 1. The lowest BCUT2D eigenvalue weighted by Gasteiger charge is -2.19. The summed E-state index contributed by atoms with van der Waals surface area (Å²) in [5, 5.41) is 4.32. The van der Waals surface area contributed by atoms with Crippen LogP contribution in [0, 0.1) is 18.6 Å². The van der Waals surface area contributed by atoms with E-state index in [1.807, 2.05) is 27.0 Å². The van der Waals surface area contributed by atoms with Crippen LogP contribution in [0.2, 0.25) is 0 Å². The molecule has 5 heteroatoms. The van der Waals surface area contributed by atoms with E-state index in [1.54, 1.807) is 17.4 Å². The van der Waals surface area contributed by atoms with Gasteiger partial charge in [0.05, 0.1) is 6.04 Å². The Hall–Kier alpha value is -1.33. The lowest BCUT2D eigenvalue weighted by molar-refractivity contribution is 0.479. The molecule has 1 heterocycles. The van der Waals surface area contributed by atoms with Crippen molar-refractivity contribution >= 4 is 11.3 Å². The summed E-state index contributed by atoms with van der Waals surface area (Å²) in [7, 11) is 0. The zero-order valence-electron chi connectivity index (χ0n) is 11.1. The lowest BCUT2D eigenvalue weighted by atomic mass is 10.1. The normalized spacial score (nSPS) is 14.4. The molecule has 0 aliphatic heterocycles. The minimum Gasteiger partial charge on any atom is -0.302 e. The van der Waals surface area contributed by atoms with Gasteiger partial charge in [0.25, 0.3) is 0 Å². The molecule has 2 atom stereocenters. The van der Waals surface area contributed by atoms with Gasteiger partial charge in [0.2, 0.25) is 0 Å². The molecular formula is C14H16F2N2S. The standard InChI is InChI=1S/C14H16F2N2S/c1-8-7-17-14(19-8)10(3)18-9(2)11-4-5-12(15)13(16)6-11/h4-7,9-10,18H,1-3H3. The van der Waals surface area contributed by atoms with Crippen LogP contribution in [-0.2, 0) is 0 Å². The third-order valence-electron chi connectivity index (χ3n) is 2.95. The number of halogens is 2. The smallest absolute Gasteiger partial charge is 0.159 e. The minimum atomic E-state index is -0.820. The number of nitrogens with one attached hydrogen (secondary N) is 1. The summed E-state index contributed by atoms with van der Waals surface area (Å²) in [6, 6.07) is 3.97. The summed E-state index contributed by atoms with van der Waals surface area (Å²) in [6.07, 6.45) is 1.83. The van der Waals surface area contributed by atoms with E-state index in [0.717, 1.165) is 21.5 Å². The molecule has 0 saturated carbocycles. The van der Waals surface area contributed by atoms with Crippen LogP contribution in [0.5, 0.6) is 0 Å². The van der Waals surface area contributed by atoms with Gasteiger partial charge in [-0.1, -0.05) is 6.07 Å². The van der Waals surface area contributed by atoms with Gasteiger partial charge in [-0.3, -0.25) is 0 Å². The predicted octanol–water partition coefficient (Wildman–Crippen LogP) is 4.14. The van der Waals surface area contributed by atoms with Crippen molar-refractivity contribution in [2.45, 2.75) is 32.9 Å². The number of aryl methyl sites for hydroxylation is 1. The zero-order valence-corrected chi connectivity index (χ0v) is 11.9. The first-order chi connectivity index (χ1) is 8.97. The fourth-order valence-corrected chi connectivity index (χ4v) is 2.68. The molecule has 2 nitrogen and oxygen atoms in total. The van der Waals surface area contributed by atoms with E-state index in [0.29, 0.717) is 0 Å². The Kier molecular flexibility index (Phi) is 4.27. The molecule has 0 saturated heterocycles. The van der Waals surface area contributed by atoms with Gasteiger partial charge in [-0.05, 0) is 38.5 Å². The van der Waals surface area contributed by atoms with E-state index in [1.165, 1.54) is 6.07 Å². The molecule has 0 spiro atoms. The molecule has 0 radical (unpaired) electrons. The Labute approximate surface area is 115 Å². The third kappa shape index (κ3) is 3.36. The van der Waals surface area contributed by atoms with Gasteiger partial charge < -0.3 is 5.32 Å². The summed E-state index contributed by atoms with van der Waals surface area (Å²) in [5.74, 6) is -1.64. The van der Waals surface area contributed by atoms with Gasteiger partial charge >= 0.3 is 0 Å². The molecule has 19 heavy (non-hydrogen) atoms. The van der Waals surface area contributed by atoms with Crippen LogP contribution in [0.1, 0.15) is 41.4 Å². The third-order valence-corrected chi connectivity index (χ3v) is 4.05. The number of thiazole rings is 1. The van der Waals surface area contributed by atoms with E-state index >= 15 is 0 Å². The van der Waals surface area contributed by atoms with Crippen molar-refractivity contribution in [3.05, 3.63) is 51.5 Å². The van der Waals surface area contributed by atoms with Crippen LogP contribution in [0.4, 0.5) is 8.78 Å². The topological polar surface area (TPSA) is 24.9 Å². The number of nitrogens with zero attached hydrogens (tertiary/aromatic N) is 1.